The number of rotatable bonds is 21. The lowest BCUT2D eigenvalue weighted by atomic mass is 9.44. The van der Waals surface area contributed by atoms with Gasteiger partial charge >= 0.3 is 30.0 Å². The number of esters is 4. The lowest BCUT2D eigenvalue weighted by Crippen LogP contribution is -2.82. The van der Waals surface area contributed by atoms with Gasteiger partial charge in [0.15, 0.2) is 17.5 Å². The second kappa shape index (κ2) is 28.2. The fourth-order valence-electron chi connectivity index (χ4n) is 14.5. The minimum Gasteiger partial charge on any atom is -0.487 e. The van der Waals surface area contributed by atoms with Gasteiger partial charge in [0.25, 0.3) is 5.91 Å². The normalized spacial score (nSPS) is 27.7. The smallest absolute Gasteiger partial charge is 0.487 e. The van der Waals surface area contributed by atoms with Crippen LogP contribution in [-0.4, -0.2) is 112 Å². The summed E-state index contributed by atoms with van der Waals surface area (Å²) < 4.78 is 50.1. The first-order chi connectivity index (χ1) is 44.0. The Hall–Kier alpha value is -8.19. The molecule has 3 fully saturated rings. The van der Waals surface area contributed by atoms with Gasteiger partial charge in [-0.3, -0.25) is 19.2 Å². The van der Waals surface area contributed by atoms with Gasteiger partial charge < -0.3 is 53.4 Å². The fraction of sp³-hybridized carbons (Fsp3) is 0.480. The van der Waals surface area contributed by atoms with Gasteiger partial charge in [-0.2, -0.15) is 0 Å². The molecule has 2 saturated carbocycles. The summed E-state index contributed by atoms with van der Waals surface area (Å²) >= 11 is 0. The highest BCUT2D eigenvalue weighted by molar-refractivity contribution is 5.96. The van der Waals surface area contributed by atoms with Gasteiger partial charge in [-0.1, -0.05) is 116 Å². The maximum absolute atomic E-state index is 16.0. The highest BCUT2D eigenvalue weighted by atomic mass is 16.7. The summed E-state index contributed by atoms with van der Waals surface area (Å²) in [5.41, 5.74) is -2.60. The third kappa shape index (κ3) is 14.5. The van der Waals surface area contributed by atoms with Gasteiger partial charge in [-0.15, -0.1) is 0 Å². The van der Waals surface area contributed by atoms with Crippen molar-refractivity contribution in [2.75, 3.05) is 6.61 Å². The number of aryl methyl sites for hydroxylation is 2. The first-order valence-electron chi connectivity index (χ1n) is 32.2. The van der Waals surface area contributed by atoms with Crippen LogP contribution in [-0.2, 0) is 54.0 Å². The third-order valence-electron chi connectivity index (χ3n) is 19.8. The molecule has 2 heterocycles. The predicted molar refractivity (Wildman–Crippen MR) is 346 cm³/mol. The standard InChI is InChI=1S/C75H89NO17/c1-44(2)25-22-26-45(3)27-23-28-46(4)29-24-37-72(11)38-36-54-40-55(39-47(5)61(54)93-72)88-70(84)90-63(60(51-30-16-13-17-31-51)76-67(81)52-32-18-14-19-33-52)69(83)89-56-42-75(85)66(91-68(82)53-34-20-15-21-35-53)64-73(12,57(79)41-58-74(64,43-86-58)92-50(8)78)65(80)62(87-49(7)77)59(48(56)6)71(75,9)10/h13-21,25,27,29-35,39-40,56-58,60,62-64,66,79,85H,22-24,26,28,36-38,41-43H2,1-12H3,(H,76,81)/b45-27+,46-29+/t56-,57-,58+,60-,62+,63+,64-,66-,72+,73+,74-,75+/m0/s1. The van der Waals surface area contributed by atoms with Crippen LogP contribution in [0.15, 0.2) is 149 Å². The zero-order chi connectivity index (χ0) is 67.4. The average molecular weight is 1280 g/mol. The zero-order valence-electron chi connectivity index (χ0n) is 55.5. The second-order valence-electron chi connectivity index (χ2n) is 27.1. The van der Waals surface area contributed by atoms with Crippen LogP contribution in [0.5, 0.6) is 11.5 Å². The highest BCUT2D eigenvalue weighted by Gasteiger charge is 2.78. The van der Waals surface area contributed by atoms with Crippen LogP contribution < -0.4 is 14.8 Å². The van der Waals surface area contributed by atoms with Crippen molar-refractivity contribution in [3.05, 3.63) is 177 Å². The molecule has 3 N–H and O–H groups in total. The van der Waals surface area contributed by atoms with E-state index in [9.17, 15) is 34.2 Å². The van der Waals surface area contributed by atoms with Crippen molar-refractivity contribution in [3.63, 3.8) is 0 Å². The van der Waals surface area contributed by atoms with Crippen molar-refractivity contribution >= 4 is 41.7 Å². The van der Waals surface area contributed by atoms with Gasteiger partial charge in [0.05, 0.1) is 29.6 Å². The number of ketones is 1. The number of carbonyl (C=O) groups is 7. The number of aliphatic hydroxyl groups excluding tert-OH is 1. The molecule has 496 valence electrons. The van der Waals surface area contributed by atoms with Gasteiger partial charge in [0, 0.05) is 37.7 Å². The van der Waals surface area contributed by atoms with Crippen molar-refractivity contribution in [2.24, 2.45) is 16.7 Å². The van der Waals surface area contributed by atoms with Gasteiger partial charge in [0.2, 0.25) is 6.10 Å². The van der Waals surface area contributed by atoms with Crippen LogP contribution in [0.3, 0.4) is 0 Å². The Morgan fingerprint density at radius 3 is 1.97 bits per heavy atom. The fourth-order valence-corrected chi connectivity index (χ4v) is 14.5. The molecule has 5 aliphatic rings. The maximum Gasteiger partial charge on any atom is 0.514 e. The summed E-state index contributed by atoms with van der Waals surface area (Å²) in [6.07, 6.45) is 1.39. The molecular formula is C75H89NO17. The SMILES string of the molecule is CC(=O)O[C@H]1C(=O)[C@@]2(C)[C@H]([C@H](OC(=O)c3ccccc3)[C@]3(O)C[C@H](OC(=O)[C@H](OC(=O)Oc4cc(C)c5c(c4)CC[C@@](C)(CC/C=C(\C)CC/C=C(\C)CCC=C(C)C)O5)[C@@H](NC(=O)c4ccccc4)c4ccccc4)C(C)=C1C3(C)C)[C@]1(OC(C)=O)CO[C@@H]1C[C@@H]2O. The number of amides is 1. The van der Waals surface area contributed by atoms with E-state index in [1.165, 1.54) is 42.7 Å². The number of hydrogen-bond donors (Lipinski definition) is 3. The van der Waals surface area contributed by atoms with Crippen LogP contribution >= 0.6 is 0 Å². The molecule has 2 bridgehead atoms. The van der Waals surface area contributed by atoms with Crippen molar-refractivity contribution in [1.82, 2.24) is 5.32 Å². The summed E-state index contributed by atoms with van der Waals surface area (Å²) in [4.78, 5) is 102. The van der Waals surface area contributed by atoms with Gasteiger partial charge in [-0.25, -0.2) is 14.4 Å². The van der Waals surface area contributed by atoms with E-state index in [4.69, 9.17) is 37.9 Å². The molecule has 0 radical (unpaired) electrons. The Morgan fingerprint density at radius 2 is 1.37 bits per heavy atom. The topological polar surface area (TPSA) is 246 Å². The Morgan fingerprint density at radius 1 is 0.753 bits per heavy atom. The first-order valence-corrected chi connectivity index (χ1v) is 32.2. The lowest BCUT2D eigenvalue weighted by molar-refractivity contribution is -0.346. The number of fused-ring (bicyclic) bond motifs is 6. The summed E-state index contributed by atoms with van der Waals surface area (Å²) in [6, 6.07) is 26.1. The summed E-state index contributed by atoms with van der Waals surface area (Å²) in [5, 5.41) is 29.4. The van der Waals surface area contributed by atoms with Crippen LogP contribution in [0.25, 0.3) is 0 Å². The molecule has 93 heavy (non-hydrogen) atoms. The van der Waals surface area contributed by atoms with Crippen LogP contribution in [0.2, 0.25) is 0 Å². The summed E-state index contributed by atoms with van der Waals surface area (Å²) in [6.45, 7) is 20.5. The zero-order valence-corrected chi connectivity index (χ0v) is 55.5. The van der Waals surface area contributed by atoms with Crippen molar-refractivity contribution < 1.29 is 81.7 Å². The number of ether oxygens (including phenoxy) is 8. The summed E-state index contributed by atoms with van der Waals surface area (Å²) in [5.74, 6) is -6.41. The predicted octanol–water partition coefficient (Wildman–Crippen LogP) is 12.6. The van der Waals surface area contributed by atoms with Crippen molar-refractivity contribution in [1.29, 1.82) is 0 Å². The van der Waals surface area contributed by atoms with E-state index in [2.05, 4.69) is 58.2 Å². The van der Waals surface area contributed by atoms with E-state index in [1.807, 2.05) is 6.92 Å². The number of nitrogens with one attached hydrogen (secondary N) is 1. The third-order valence-corrected chi connectivity index (χ3v) is 19.8. The molecular weight excluding hydrogens is 1190 g/mol. The van der Waals surface area contributed by atoms with Gasteiger partial charge in [-0.05, 0) is 171 Å². The molecule has 3 aliphatic carbocycles. The van der Waals surface area contributed by atoms with Gasteiger partial charge in [0.1, 0.15) is 47.1 Å². The molecule has 0 aromatic heterocycles. The monoisotopic (exact) mass is 1280 g/mol. The van der Waals surface area contributed by atoms with Crippen LogP contribution in [0.1, 0.15) is 177 Å². The molecule has 12 atom stereocenters. The largest absolute Gasteiger partial charge is 0.514 e. The number of Topliss-reactive ketones (excluding diaryl/α,β-unsaturated/α-hetero) is 1. The Balaban J connectivity index is 1.06. The van der Waals surface area contributed by atoms with E-state index in [0.717, 1.165) is 57.9 Å². The number of hydrogen-bond acceptors (Lipinski definition) is 17. The van der Waals surface area contributed by atoms with Crippen LogP contribution in [0.4, 0.5) is 4.79 Å². The minimum atomic E-state index is -2.51. The van der Waals surface area contributed by atoms with E-state index in [1.54, 1.807) is 105 Å². The van der Waals surface area contributed by atoms with E-state index in [-0.39, 0.29) is 41.1 Å². The second-order valence-corrected chi connectivity index (χ2v) is 27.1. The maximum atomic E-state index is 16.0. The van der Waals surface area contributed by atoms with E-state index >= 15 is 9.59 Å². The molecule has 1 amide bonds. The number of benzene rings is 4. The van der Waals surface area contributed by atoms with E-state index in [0.29, 0.717) is 29.7 Å². The molecule has 4 aromatic rings. The lowest BCUT2D eigenvalue weighted by Gasteiger charge is -2.67. The molecule has 1 saturated heterocycles. The van der Waals surface area contributed by atoms with Crippen LogP contribution in [0, 0.1) is 23.7 Å². The minimum absolute atomic E-state index is 0.0374. The quantitative estimate of drug-likeness (QED) is 0.0304. The number of carbonyl (C=O) groups excluding carboxylic acids is 7. The Kier molecular flexibility index (Phi) is 21.0. The molecule has 0 spiro atoms. The van der Waals surface area contributed by atoms with Crippen molar-refractivity contribution in [2.45, 2.75) is 207 Å². The van der Waals surface area contributed by atoms with Crippen molar-refractivity contribution in [3.8, 4) is 11.5 Å². The molecule has 18 nitrogen and oxygen atoms in total. The molecule has 18 heteroatoms. The Bertz CT molecular complexity index is 3610. The number of allylic oxidation sites excluding steroid dienone is 6. The first kappa shape index (κ1) is 69.2. The highest BCUT2D eigenvalue weighted by Crippen LogP contribution is 2.64. The molecule has 2 aliphatic heterocycles. The molecule has 0 unspecified atom stereocenters. The number of aliphatic hydroxyl groups is 2. The van der Waals surface area contributed by atoms with E-state index < -0.39 is 124 Å². The molecule has 9 rings (SSSR count). The molecule has 4 aromatic carbocycles. The Labute approximate surface area is 545 Å². The summed E-state index contributed by atoms with van der Waals surface area (Å²) in [7, 11) is 0. The average Bonchev–Trinajstić information content (AvgIpc) is 0.670.